The van der Waals surface area contributed by atoms with Crippen LogP contribution in [0.5, 0.6) is 17.2 Å². The van der Waals surface area contributed by atoms with Gasteiger partial charge >= 0.3 is 5.97 Å². The van der Waals surface area contributed by atoms with E-state index in [2.05, 4.69) is 0 Å². The Morgan fingerprint density at radius 1 is 1.21 bits per heavy atom. The van der Waals surface area contributed by atoms with Crippen LogP contribution in [0.3, 0.4) is 0 Å². The number of ether oxygens (including phenoxy) is 2. The fourth-order valence-electron chi connectivity index (χ4n) is 2.58. The molecule has 0 aliphatic carbocycles. The summed E-state index contributed by atoms with van der Waals surface area (Å²) in [5.41, 5.74) is -0.463. The van der Waals surface area contributed by atoms with Gasteiger partial charge in [0.25, 0.3) is 0 Å². The Labute approximate surface area is 141 Å². The molecule has 1 unspecified atom stereocenters. The molecule has 0 saturated heterocycles. The minimum Gasteiger partial charge on any atom is -0.492 e. The molecule has 2 aromatic carbocycles. The molecule has 5 nitrogen and oxygen atoms in total. The number of hydrogen-bond donors (Lipinski definition) is 1. The first-order valence-corrected chi connectivity index (χ1v) is 7.55. The molecule has 0 amide bonds. The zero-order valence-corrected chi connectivity index (χ0v) is 13.9. The predicted molar refractivity (Wildman–Crippen MR) is 89.5 cm³/mol. The van der Waals surface area contributed by atoms with E-state index in [1.54, 1.807) is 25.1 Å². The summed E-state index contributed by atoms with van der Waals surface area (Å²) in [7, 11) is 1.43. The number of hydrogen-bond acceptors (Lipinski definition) is 4. The van der Waals surface area contributed by atoms with Crippen molar-refractivity contribution in [2.75, 3.05) is 7.11 Å². The third kappa shape index (κ3) is 2.91. The number of nitrogens with zero attached hydrogens (tertiary/aromatic N) is 1. The number of rotatable bonds is 6. The molecule has 0 fully saturated rings. The van der Waals surface area contributed by atoms with Crippen LogP contribution in [0, 0.1) is 18.3 Å². The lowest BCUT2D eigenvalue weighted by Crippen LogP contribution is -2.34. The molecule has 2 rings (SSSR count). The third-order valence-corrected chi connectivity index (χ3v) is 4.04. The van der Waals surface area contributed by atoms with Gasteiger partial charge in [-0.3, -0.25) is 4.79 Å². The van der Waals surface area contributed by atoms with Crippen molar-refractivity contribution in [3.63, 3.8) is 0 Å². The molecule has 2 aromatic rings. The van der Waals surface area contributed by atoms with Crippen molar-refractivity contribution in [3.05, 3.63) is 53.6 Å². The van der Waals surface area contributed by atoms with Crippen molar-refractivity contribution in [3.8, 4) is 23.3 Å². The van der Waals surface area contributed by atoms with Crippen LogP contribution < -0.4 is 9.47 Å². The maximum atomic E-state index is 11.8. The number of carboxylic acid groups (broad SMARTS) is 1. The summed E-state index contributed by atoms with van der Waals surface area (Å²) in [4.78, 5) is 11.8. The minimum absolute atomic E-state index is 0.114. The van der Waals surface area contributed by atoms with Crippen molar-refractivity contribution in [2.24, 2.45) is 0 Å². The number of aliphatic carboxylic acids is 1. The number of para-hydroxylation sites is 2. The molecule has 0 radical (unpaired) electrons. The van der Waals surface area contributed by atoms with Crippen LogP contribution in [-0.4, -0.2) is 18.2 Å². The maximum absolute atomic E-state index is 11.8. The average Bonchev–Trinajstić information content (AvgIpc) is 2.58. The van der Waals surface area contributed by atoms with Gasteiger partial charge in [0.05, 0.1) is 13.2 Å². The van der Waals surface area contributed by atoms with Crippen molar-refractivity contribution >= 4 is 5.97 Å². The fraction of sp³-hybridized carbons (Fsp3) is 0.263. The van der Waals surface area contributed by atoms with E-state index >= 15 is 0 Å². The standard InChI is InChI=1S/C19H19NO4/c1-4-19(12-20,18(21)22)14-9-7-11-16(17(14)23-3)24-15-10-6-5-8-13(15)2/h5-11H,4H2,1-3H3,(H,21,22). The topological polar surface area (TPSA) is 79.6 Å². The van der Waals surface area contributed by atoms with Crippen molar-refractivity contribution in [1.29, 1.82) is 5.26 Å². The number of carboxylic acids is 1. The second-order valence-electron chi connectivity index (χ2n) is 5.38. The number of nitriles is 1. The van der Waals surface area contributed by atoms with E-state index in [-0.39, 0.29) is 17.7 Å². The van der Waals surface area contributed by atoms with Crippen LogP contribution >= 0.6 is 0 Å². The Balaban J connectivity index is 2.60. The van der Waals surface area contributed by atoms with Gasteiger partial charge in [0, 0.05) is 5.56 Å². The highest BCUT2D eigenvalue weighted by Crippen LogP contribution is 2.42. The summed E-state index contributed by atoms with van der Waals surface area (Å²) in [6.07, 6.45) is 0.114. The molecule has 1 atom stereocenters. The largest absolute Gasteiger partial charge is 0.492 e. The zero-order valence-electron chi connectivity index (χ0n) is 13.9. The van der Waals surface area contributed by atoms with E-state index in [1.165, 1.54) is 7.11 Å². The minimum atomic E-state index is -1.68. The Kier molecular flexibility index (Phi) is 5.10. The SMILES string of the molecule is CCC(C#N)(C(=O)O)c1cccc(Oc2ccccc2C)c1OC. The van der Waals surface area contributed by atoms with E-state index in [0.29, 0.717) is 11.5 Å². The summed E-state index contributed by atoms with van der Waals surface area (Å²) >= 11 is 0. The second kappa shape index (κ2) is 7.05. The van der Waals surface area contributed by atoms with Crippen LogP contribution in [0.1, 0.15) is 24.5 Å². The monoisotopic (exact) mass is 325 g/mol. The van der Waals surface area contributed by atoms with E-state index in [0.717, 1.165) is 5.56 Å². The first-order valence-electron chi connectivity index (χ1n) is 7.55. The Morgan fingerprint density at radius 3 is 2.42 bits per heavy atom. The number of benzene rings is 2. The molecular weight excluding hydrogens is 306 g/mol. The van der Waals surface area contributed by atoms with Gasteiger partial charge in [-0.15, -0.1) is 0 Å². The van der Waals surface area contributed by atoms with E-state index < -0.39 is 11.4 Å². The Hall–Kier alpha value is -3.00. The Bertz CT molecular complexity index is 794. The van der Waals surface area contributed by atoms with Crippen LogP contribution in [0.15, 0.2) is 42.5 Å². The summed E-state index contributed by atoms with van der Waals surface area (Å²) in [5, 5.41) is 19.1. The Morgan fingerprint density at radius 2 is 1.88 bits per heavy atom. The number of methoxy groups -OCH3 is 1. The highest BCUT2D eigenvalue weighted by Gasteiger charge is 2.42. The molecule has 0 heterocycles. The highest BCUT2D eigenvalue weighted by atomic mass is 16.5. The van der Waals surface area contributed by atoms with Crippen LogP contribution in [0.2, 0.25) is 0 Å². The first-order chi connectivity index (χ1) is 11.5. The predicted octanol–water partition coefficient (Wildman–Crippen LogP) is 4.05. The third-order valence-electron chi connectivity index (χ3n) is 4.04. The first kappa shape index (κ1) is 17.4. The van der Waals surface area contributed by atoms with Gasteiger partial charge in [-0.1, -0.05) is 37.3 Å². The molecule has 0 aliphatic heterocycles. The van der Waals surface area contributed by atoms with Gasteiger partial charge in [-0.25, -0.2) is 0 Å². The smallest absolute Gasteiger partial charge is 0.328 e. The van der Waals surface area contributed by atoms with Gasteiger partial charge in [0.15, 0.2) is 16.9 Å². The number of aryl methyl sites for hydroxylation is 1. The lowest BCUT2D eigenvalue weighted by atomic mass is 9.79. The molecule has 0 spiro atoms. The summed E-state index contributed by atoms with van der Waals surface area (Å²) in [6.45, 7) is 3.57. The van der Waals surface area contributed by atoms with Gasteiger partial charge in [-0.2, -0.15) is 5.26 Å². The van der Waals surface area contributed by atoms with Gasteiger partial charge in [0.1, 0.15) is 5.75 Å². The van der Waals surface area contributed by atoms with Gasteiger partial charge in [0.2, 0.25) is 0 Å². The van der Waals surface area contributed by atoms with Crippen LogP contribution in [-0.2, 0) is 10.2 Å². The molecule has 24 heavy (non-hydrogen) atoms. The normalized spacial score (nSPS) is 12.8. The fourth-order valence-corrected chi connectivity index (χ4v) is 2.58. The summed E-state index contributed by atoms with van der Waals surface area (Å²) in [6, 6.07) is 14.3. The quantitative estimate of drug-likeness (QED) is 0.866. The second-order valence-corrected chi connectivity index (χ2v) is 5.38. The highest BCUT2D eigenvalue weighted by molar-refractivity contribution is 5.86. The molecule has 0 aromatic heterocycles. The van der Waals surface area contributed by atoms with Crippen molar-refractivity contribution in [2.45, 2.75) is 25.7 Å². The van der Waals surface area contributed by atoms with Crippen molar-refractivity contribution in [1.82, 2.24) is 0 Å². The molecular formula is C19H19NO4. The van der Waals surface area contributed by atoms with Gasteiger partial charge in [-0.05, 0) is 31.0 Å². The average molecular weight is 325 g/mol. The van der Waals surface area contributed by atoms with Crippen molar-refractivity contribution < 1.29 is 19.4 Å². The molecule has 124 valence electrons. The van der Waals surface area contributed by atoms with Crippen LogP contribution in [0.25, 0.3) is 0 Å². The van der Waals surface area contributed by atoms with E-state index in [9.17, 15) is 15.2 Å². The van der Waals surface area contributed by atoms with E-state index in [4.69, 9.17) is 9.47 Å². The number of carbonyl (C=O) groups is 1. The van der Waals surface area contributed by atoms with Crippen LogP contribution in [0.4, 0.5) is 0 Å². The van der Waals surface area contributed by atoms with E-state index in [1.807, 2.05) is 37.3 Å². The summed E-state index contributed by atoms with van der Waals surface area (Å²) in [5.74, 6) is 0.0614. The molecule has 0 aliphatic rings. The molecule has 5 heteroatoms. The molecule has 0 bridgehead atoms. The lowest BCUT2D eigenvalue weighted by Gasteiger charge is -2.24. The molecule has 0 saturated carbocycles. The lowest BCUT2D eigenvalue weighted by molar-refractivity contribution is -0.141. The maximum Gasteiger partial charge on any atom is 0.328 e. The molecule has 1 N–H and O–H groups in total. The van der Waals surface area contributed by atoms with Gasteiger partial charge < -0.3 is 14.6 Å². The zero-order chi connectivity index (χ0) is 17.7. The summed E-state index contributed by atoms with van der Waals surface area (Å²) < 4.78 is 11.3.